The zero-order valence-electron chi connectivity index (χ0n) is 12.8. The lowest BCUT2D eigenvalue weighted by Crippen LogP contribution is -2.34. The van der Waals surface area contributed by atoms with E-state index in [1.807, 2.05) is 23.2 Å². The normalized spacial score (nSPS) is 18.2. The number of nitrogens with zero attached hydrogens (tertiary/aromatic N) is 3. The number of hydrogen-bond acceptors (Lipinski definition) is 5. The Labute approximate surface area is 135 Å². The standard InChI is InChI=1S/C15H22IN3O2/c1-11-5-6-17-12(7-11)15(4,21)8-13-16-10-19(18-13)9-14(2,3)20/h5-7,10,20-21H,8-9H2,1-4H3. The highest BCUT2D eigenvalue weighted by atomic mass is 127. The first-order valence-corrected chi connectivity index (χ1v) is 9.17. The van der Waals surface area contributed by atoms with Crippen LogP contribution in [0, 0.1) is 6.92 Å². The fourth-order valence-corrected chi connectivity index (χ4v) is 4.37. The molecule has 0 saturated heterocycles. The molecule has 0 aliphatic carbocycles. The molecule has 2 rings (SSSR count). The van der Waals surface area contributed by atoms with Gasteiger partial charge in [-0.25, -0.2) is 0 Å². The van der Waals surface area contributed by atoms with Crippen molar-refractivity contribution in [2.45, 2.75) is 45.3 Å². The number of aliphatic hydroxyl groups is 2. The Hall–Kier alpha value is -0.860. The molecule has 0 saturated carbocycles. The molecule has 6 heteroatoms. The average Bonchev–Trinajstić information content (AvgIpc) is 2.73. The molecule has 116 valence electrons. The van der Waals surface area contributed by atoms with E-state index in [0.29, 0.717) is 18.7 Å². The van der Waals surface area contributed by atoms with Gasteiger partial charge in [0.2, 0.25) is 0 Å². The Morgan fingerprint density at radius 2 is 2.00 bits per heavy atom. The largest absolute Gasteiger partial charge is 0.389 e. The molecule has 5 nitrogen and oxygen atoms in total. The van der Waals surface area contributed by atoms with Gasteiger partial charge in [-0.3, -0.25) is 9.99 Å². The van der Waals surface area contributed by atoms with Crippen molar-refractivity contribution in [2.75, 3.05) is 6.54 Å². The summed E-state index contributed by atoms with van der Waals surface area (Å²) in [5.41, 5.74) is -0.0307. The first-order valence-electron chi connectivity index (χ1n) is 6.84. The molecule has 1 aromatic rings. The molecule has 0 bridgehead atoms. The van der Waals surface area contributed by atoms with E-state index >= 15 is 0 Å². The summed E-state index contributed by atoms with van der Waals surface area (Å²) in [6.07, 6.45) is 2.20. The van der Waals surface area contributed by atoms with Gasteiger partial charge in [0.15, 0.2) is 0 Å². The number of rotatable bonds is 5. The highest BCUT2D eigenvalue weighted by Gasteiger charge is 2.29. The van der Waals surface area contributed by atoms with Crippen LogP contribution in [0.1, 0.15) is 38.4 Å². The number of pyridine rings is 1. The van der Waals surface area contributed by atoms with Crippen molar-refractivity contribution >= 4 is 28.6 Å². The van der Waals surface area contributed by atoms with Crippen LogP contribution in [-0.2, 0) is 5.60 Å². The van der Waals surface area contributed by atoms with Crippen molar-refractivity contribution in [1.82, 2.24) is 9.99 Å². The number of hydrogen-bond donors (Lipinski definition) is 2. The Morgan fingerprint density at radius 1 is 1.29 bits per heavy atom. The molecule has 0 spiro atoms. The van der Waals surface area contributed by atoms with Gasteiger partial charge >= 0.3 is 0 Å². The molecule has 0 radical (unpaired) electrons. The molecule has 1 unspecified atom stereocenters. The van der Waals surface area contributed by atoms with E-state index in [4.69, 9.17) is 0 Å². The molecule has 1 aliphatic rings. The summed E-state index contributed by atoms with van der Waals surface area (Å²) >= 11 is -0.332. The third kappa shape index (κ3) is 4.82. The number of aryl methyl sites for hydroxylation is 1. The van der Waals surface area contributed by atoms with E-state index in [1.165, 1.54) is 0 Å². The van der Waals surface area contributed by atoms with Crippen LogP contribution in [0.5, 0.6) is 0 Å². The van der Waals surface area contributed by atoms with Crippen LogP contribution >= 0.6 is 20.7 Å². The second-order valence-corrected chi connectivity index (χ2v) is 8.69. The second kappa shape index (κ2) is 6.10. The van der Waals surface area contributed by atoms with E-state index in [1.54, 1.807) is 32.0 Å². The molecular formula is C15H22IN3O2. The highest BCUT2D eigenvalue weighted by Crippen LogP contribution is 2.29. The first kappa shape index (κ1) is 16.5. The van der Waals surface area contributed by atoms with Crippen LogP contribution in [0.3, 0.4) is 0 Å². The van der Waals surface area contributed by atoms with Gasteiger partial charge in [-0.05, 0) is 66.1 Å². The topological polar surface area (TPSA) is 69.0 Å². The van der Waals surface area contributed by atoms with Gasteiger partial charge in [-0.2, -0.15) is 5.10 Å². The molecule has 21 heavy (non-hydrogen) atoms. The highest BCUT2D eigenvalue weighted by molar-refractivity contribution is 14.2. The van der Waals surface area contributed by atoms with Crippen LogP contribution in [0.2, 0.25) is 0 Å². The van der Waals surface area contributed by atoms with Gasteiger partial charge in [0, 0.05) is 12.6 Å². The molecule has 1 atom stereocenters. The predicted octanol–water partition coefficient (Wildman–Crippen LogP) is 2.12. The Morgan fingerprint density at radius 3 is 2.62 bits per heavy atom. The summed E-state index contributed by atoms with van der Waals surface area (Å²) in [5.74, 6) is 0. The van der Waals surface area contributed by atoms with Crippen molar-refractivity contribution in [3.8, 4) is 0 Å². The van der Waals surface area contributed by atoms with Crippen molar-refractivity contribution in [2.24, 2.45) is 5.10 Å². The summed E-state index contributed by atoms with van der Waals surface area (Å²) in [7, 11) is 0. The van der Waals surface area contributed by atoms with E-state index in [9.17, 15) is 10.2 Å². The lowest BCUT2D eigenvalue weighted by atomic mass is 9.97. The maximum absolute atomic E-state index is 10.7. The minimum atomic E-state index is -1.01. The molecule has 1 aliphatic heterocycles. The summed E-state index contributed by atoms with van der Waals surface area (Å²) in [6.45, 7) is 7.76. The third-order valence-electron chi connectivity index (χ3n) is 3.03. The van der Waals surface area contributed by atoms with E-state index in [-0.39, 0.29) is 20.7 Å². The Balaban J connectivity index is 2.08. The molecule has 2 heterocycles. The first-order chi connectivity index (χ1) is 9.66. The quantitative estimate of drug-likeness (QED) is 0.740. The maximum atomic E-state index is 10.7. The van der Waals surface area contributed by atoms with Gasteiger partial charge in [-0.15, -0.1) is 0 Å². The van der Waals surface area contributed by atoms with Crippen LogP contribution in [0.15, 0.2) is 23.4 Å². The number of hydrazone groups is 1. The Bertz CT molecular complexity index is 577. The van der Waals surface area contributed by atoms with Crippen molar-refractivity contribution < 1.29 is 10.2 Å². The number of aromatic nitrogens is 1. The van der Waals surface area contributed by atoms with E-state index in [2.05, 4.69) is 10.1 Å². The minimum Gasteiger partial charge on any atom is -0.389 e. The van der Waals surface area contributed by atoms with Crippen LogP contribution in [0.4, 0.5) is 0 Å². The van der Waals surface area contributed by atoms with Gasteiger partial charge in [0.1, 0.15) is 5.60 Å². The molecule has 1 aromatic heterocycles. The van der Waals surface area contributed by atoms with Crippen LogP contribution < -0.4 is 0 Å². The SMILES string of the molecule is Cc1ccnc(C(C)(O)CC2=NN(CC(C)(C)O)C=I2)c1. The summed E-state index contributed by atoms with van der Waals surface area (Å²) < 4.78 is 3.05. The zero-order chi connectivity index (χ0) is 15.7. The molecular weight excluding hydrogens is 381 g/mol. The summed E-state index contributed by atoms with van der Waals surface area (Å²) in [5, 5.41) is 26.8. The minimum absolute atomic E-state index is 0.332. The number of β-amino-alcohol motifs (C(OH)–C–C–N with tert-alkyl or cyclic N) is 1. The van der Waals surface area contributed by atoms with Crippen molar-refractivity contribution in [3.05, 3.63) is 29.6 Å². The predicted molar refractivity (Wildman–Crippen MR) is 93.7 cm³/mol. The van der Waals surface area contributed by atoms with Gasteiger partial charge in [-0.1, -0.05) is 0 Å². The average molecular weight is 403 g/mol. The van der Waals surface area contributed by atoms with E-state index in [0.717, 1.165) is 9.28 Å². The monoisotopic (exact) mass is 403 g/mol. The molecule has 0 aromatic carbocycles. The fourth-order valence-electron chi connectivity index (χ4n) is 2.04. The summed E-state index contributed by atoms with van der Waals surface area (Å²) in [4.78, 5) is 4.28. The maximum Gasteiger partial charge on any atom is 0.110 e. The van der Waals surface area contributed by atoms with Gasteiger partial charge in [0.05, 0.1) is 25.7 Å². The molecule has 0 fully saturated rings. The van der Waals surface area contributed by atoms with Gasteiger partial charge < -0.3 is 10.2 Å². The van der Waals surface area contributed by atoms with Crippen LogP contribution in [-0.4, -0.2) is 40.2 Å². The number of halogens is 1. The fraction of sp³-hybridized carbons (Fsp3) is 0.533. The molecule has 2 N–H and O–H groups in total. The Kier molecular flexibility index (Phi) is 4.79. The molecule has 0 amide bonds. The zero-order valence-corrected chi connectivity index (χ0v) is 15.0. The summed E-state index contributed by atoms with van der Waals surface area (Å²) in [6, 6.07) is 3.82. The van der Waals surface area contributed by atoms with Crippen molar-refractivity contribution in [1.29, 1.82) is 0 Å². The van der Waals surface area contributed by atoms with Crippen LogP contribution in [0.25, 0.3) is 0 Å². The smallest absolute Gasteiger partial charge is 0.110 e. The lowest BCUT2D eigenvalue weighted by Gasteiger charge is -2.23. The second-order valence-electron chi connectivity index (χ2n) is 6.26. The lowest BCUT2D eigenvalue weighted by molar-refractivity contribution is 0.0565. The van der Waals surface area contributed by atoms with Gasteiger partial charge in [0.25, 0.3) is 0 Å². The van der Waals surface area contributed by atoms with Crippen molar-refractivity contribution in [3.63, 3.8) is 0 Å². The third-order valence-corrected chi connectivity index (χ3v) is 5.27. The van der Waals surface area contributed by atoms with E-state index < -0.39 is 11.2 Å².